The molecule has 0 rings (SSSR count). The van der Waals surface area contributed by atoms with Crippen LogP contribution < -0.4 is 5.32 Å². The van der Waals surface area contributed by atoms with Crippen molar-refractivity contribution in [3.63, 3.8) is 0 Å². The molecule has 0 spiro atoms. The van der Waals surface area contributed by atoms with Crippen molar-refractivity contribution >= 4 is 12.0 Å². The highest BCUT2D eigenvalue weighted by atomic mass is 16.4. The molecule has 3 N–H and O–H groups in total. The van der Waals surface area contributed by atoms with Crippen LogP contribution in [0.2, 0.25) is 0 Å². The van der Waals surface area contributed by atoms with Crippen molar-refractivity contribution in [3.05, 3.63) is 0 Å². The molecule has 0 saturated carbocycles. The second-order valence-electron chi connectivity index (χ2n) is 5.89. The van der Waals surface area contributed by atoms with Crippen LogP contribution in [0.4, 0.5) is 4.79 Å². The van der Waals surface area contributed by atoms with E-state index in [1.165, 1.54) is 0 Å². The second kappa shape index (κ2) is 9.58. The van der Waals surface area contributed by atoms with Crippen LogP contribution in [0.1, 0.15) is 40.5 Å². The van der Waals surface area contributed by atoms with Crippen LogP contribution in [0.3, 0.4) is 0 Å². The van der Waals surface area contributed by atoms with Gasteiger partial charge in [0.2, 0.25) is 0 Å². The van der Waals surface area contributed by atoms with E-state index < -0.39 is 12.1 Å². The van der Waals surface area contributed by atoms with Gasteiger partial charge in [0.15, 0.2) is 6.10 Å². The molecular formula is C14H28N2O4. The number of hydrogen-bond acceptors (Lipinski definition) is 3. The van der Waals surface area contributed by atoms with Gasteiger partial charge in [0, 0.05) is 13.1 Å². The maximum atomic E-state index is 12.0. The number of aliphatic hydroxyl groups excluding tert-OH is 1. The van der Waals surface area contributed by atoms with Gasteiger partial charge < -0.3 is 20.4 Å². The van der Waals surface area contributed by atoms with Crippen LogP contribution in [0.25, 0.3) is 0 Å². The monoisotopic (exact) mass is 288 g/mol. The number of aliphatic hydroxyl groups is 1. The Morgan fingerprint density at radius 3 is 1.85 bits per heavy atom. The first-order valence-corrected chi connectivity index (χ1v) is 7.17. The predicted octanol–water partition coefficient (Wildman–Crippen LogP) is 1.54. The standard InChI is InChI=1S/C14H28N2O4/c1-10(2)5-7-16(8-6-11(3)4)14(20)15-9-12(17)13(18)19/h10-12,17H,5-9H2,1-4H3,(H,15,20)(H,18,19)/t12-/m0/s1. The van der Waals surface area contributed by atoms with E-state index in [2.05, 4.69) is 33.0 Å². The van der Waals surface area contributed by atoms with Crippen molar-refractivity contribution in [1.29, 1.82) is 0 Å². The van der Waals surface area contributed by atoms with Crippen molar-refractivity contribution in [2.24, 2.45) is 11.8 Å². The number of nitrogens with one attached hydrogen (secondary N) is 1. The van der Waals surface area contributed by atoms with E-state index in [0.29, 0.717) is 24.9 Å². The average molecular weight is 288 g/mol. The van der Waals surface area contributed by atoms with Crippen LogP contribution >= 0.6 is 0 Å². The minimum absolute atomic E-state index is 0.270. The Balaban J connectivity index is 4.34. The van der Waals surface area contributed by atoms with Gasteiger partial charge in [-0.2, -0.15) is 0 Å². The summed E-state index contributed by atoms with van der Waals surface area (Å²) in [4.78, 5) is 24.2. The number of urea groups is 1. The maximum absolute atomic E-state index is 12.0. The molecule has 6 nitrogen and oxygen atoms in total. The summed E-state index contributed by atoms with van der Waals surface area (Å²) in [5.74, 6) is -0.343. The maximum Gasteiger partial charge on any atom is 0.334 e. The van der Waals surface area contributed by atoms with Gasteiger partial charge >= 0.3 is 12.0 Å². The number of hydrogen-bond donors (Lipinski definition) is 3. The van der Waals surface area contributed by atoms with Crippen molar-refractivity contribution in [2.75, 3.05) is 19.6 Å². The molecule has 0 fully saturated rings. The van der Waals surface area contributed by atoms with Crippen molar-refractivity contribution in [2.45, 2.75) is 46.6 Å². The van der Waals surface area contributed by atoms with Crippen LogP contribution in [0, 0.1) is 11.8 Å². The van der Waals surface area contributed by atoms with E-state index in [4.69, 9.17) is 10.2 Å². The van der Waals surface area contributed by atoms with Crippen molar-refractivity contribution in [3.8, 4) is 0 Å². The lowest BCUT2D eigenvalue weighted by Crippen LogP contribution is -2.45. The summed E-state index contributed by atoms with van der Waals surface area (Å²) in [6, 6.07) is -0.313. The van der Waals surface area contributed by atoms with E-state index in [0.717, 1.165) is 12.8 Å². The summed E-state index contributed by atoms with van der Waals surface area (Å²) in [7, 11) is 0. The predicted molar refractivity (Wildman–Crippen MR) is 77.5 cm³/mol. The molecule has 0 heterocycles. The number of carboxylic acids is 1. The van der Waals surface area contributed by atoms with Crippen LogP contribution in [-0.2, 0) is 4.79 Å². The first-order chi connectivity index (χ1) is 9.23. The molecule has 0 aliphatic carbocycles. The van der Waals surface area contributed by atoms with E-state index in [-0.39, 0.29) is 12.6 Å². The number of amides is 2. The summed E-state index contributed by atoms with van der Waals surface area (Å²) >= 11 is 0. The number of aliphatic carboxylic acids is 1. The molecule has 0 saturated heterocycles. The van der Waals surface area contributed by atoms with Gasteiger partial charge in [-0.15, -0.1) is 0 Å². The zero-order chi connectivity index (χ0) is 15.7. The molecule has 0 aromatic heterocycles. The fraction of sp³-hybridized carbons (Fsp3) is 0.857. The average Bonchev–Trinajstić information content (AvgIpc) is 2.34. The van der Waals surface area contributed by atoms with E-state index >= 15 is 0 Å². The quantitative estimate of drug-likeness (QED) is 0.600. The minimum atomic E-state index is -1.56. The summed E-state index contributed by atoms with van der Waals surface area (Å²) in [6.07, 6.45) is 0.232. The van der Waals surface area contributed by atoms with E-state index in [1.54, 1.807) is 4.90 Å². The number of nitrogens with zero attached hydrogens (tertiary/aromatic N) is 1. The molecule has 0 bridgehead atoms. The number of carboxylic acid groups (broad SMARTS) is 1. The number of carbonyl (C=O) groups is 2. The molecule has 0 aromatic rings. The highest BCUT2D eigenvalue weighted by Gasteiger charge is 2.18. The molecule has 0 aliphatic heterocycles. The smallest absolute Gasteiger partial charge is 0.334 e. The Bertz CT molecular complexity index is 294. The van der Waals surface area contributed by atoms with Gasteiger partial charge in [0.1, 0.15) is 0 Å². The van der Waals surface area contributed by atoms with Gasteiger partial charge in [0.25, 0.3) is 0 Å². The zero-order valence-electron chi connectivity index (χ0n) is 12.9. The Morgan fingerprint density at radius 1 is 1.05 bits per heavy atom. The van der Waals surface area contributed by atoms with Crippen LogP contribution in [0.15, 0.2) is 0 Å². The summed E-state index contributed by atoms with van der Waals surface area (Å²) < 4.78 is 0. The molecule has 0 unspecified atom stereocenters. The SMILES string of the molecule is CC(C)CCN(CCC(C)C)C(=O)NC[C@H](O)C(=O)O. The van der Waals surface area contributed by atoms with Crippen molar-refractivity contribution in [1.82, 2.24) is 10.2 Å². The lowest BCUT2D eigenvalue weighted by molar-refractivity contribution is -0.146. The Kier molecular flexibility index (Phi) is 8.96. The first kappa shape index (κ1) is 18.7. The third kappa shape index (κ3) is 8.74. The highest BCUT2D eigenvalue weighted by molar-refractivity contribution is 5.76. The first-order valence-electron chi connectivity index (χ1n) is 7.17. The number of rotatable bonds is 9. The molecule has 0 aliphatic rings. The molecule has 118 valence electrons. The van der Waals surface area contributed by atoms with Gasteiger partial charge in [-0.1, -0.05) is 27.7 Å². The zero-order valence-corrected chi connectivity index (χ0v) is 12.9. The molecule has 6 heteroatoms. The highest BCUT2D eigenvalue weighted by Crippen LogP contribution is 2.06. The third-order valence-corrected chi connectivity index (χ3v) is 2.97. The lowest BCUT2D eigenvalue weighted by atomic mass is 10.1. The Hall–Kier alpha value is -1.30. The van der Waals surface area contributed by atoms with E-state index in [1.807, 2.05) is 0 Å². The minimum Gasteiger partial charge on any atom is -0.479 e. The van der Waals surface area contributed by atoms with Crippen molar-refractivity contribution < 1.29 is 19.8 Å². The molecule has 1 atom stereocenters. The normalized spacial score (nSPS) is 12.6. The fourth-order valence-electron chi connectivity index (χ4n) is 1.53. The largest absolute Gasteiger partial charge is 0.479 e. The van der Waals surface area contributed by atoms with E-state index in [9.17, 15) is 9.59 Å². The fourth-order valence-corrected chi connectivity index (χ4v) is 1.53. The molecular weight excluding hydrogens is 260 g/mol. The molecule has 2 amide bonds. The molecule has 0 radical (unpaired) electrons. The third-order valence-electron chi connectivity index (χ3n) is 2.97. The van der Waals surface area contributed by atoms with Gasteiger partial charge in [-0.25, -0.2) is 9.59 Å². The van der Waals surface area contributed by atoms with Gasteiger partial charge in [-0.05, 0) is 24.7 Å². The Morgan fingerprint density at radius 2 is 1.50 bits per heavy atom. The van der Waals surface area contributed by atoms with Crippen LogP contribution in [0.5, 0.6) is 0 Å². The topological polar surface area (TPSA) is 89.9 Å². The van der Waals surface area contributed by atoms with Gasteiger partial charge in [-0.3, -0.25) is 0 Å². The summed E-state index contributed by atoms with van der Waals surface area (Å²) in [6.45, 7) is 9.37. The number of carbonyl (C=O) groups excluding carboxylic acids is 1. The second-order valence-corrected chi connectivity index (χ2v) is 5.89. The van der Waals surface area contributed by atoms with Gasteiger partial charge in [0.05, 0.1) is 6.54 Å². The molecule has 20 heavy (non-hydrogen) atoms. The Labute approximate surface area is 121 Å². The van der Waals surface area contributed by atoms with Crippen LogP contribution in [-0.4, -0.2) is 52.9 Å². The lowest BCUT2D eigenvalue weighted by Gasteiger charge is -2.25. The molecule has 0 aromatic carbocycles. The summed E-state index contributed by atoms with van der Waals surface area (Å²) in [5, 5.41) is 20.2. The summed E-state index contributed by atoms with van der Waals surface area (Å²) in [5.41, 5.74) is 0.